The summed E-state index contributed by atoms with van der Waals surface area (Å²) in [6.07, 6.45) is 0. The van der Waals surface area contributed by atoms with Gasteiger partial charge in [-0.1, -0.05) is 12.1 Å². The van der Waals surface area contributed by atoms with Gasteiger partial charge in [-0.25, -0.2) is 0 Å². The summed E-state index contributed by atoms with van der Waals surface area (Å²) >= 11 is 4.42. The molecule has 2 N–H and O–H groups in total. The van der Waals surface area contributed by atoms with Crippen molar-refractivity contribution in [3.05, 3.63) is 65.8 Å². The second-order valence-electron chi connectivity index (χ2n) is 7.95. The van der Waals surface area contributed by atoms with Crippen LogP contribution in [0.25, 0.3) is 43.1 Å². The monoisotopic (exact) mass is 642 g/mol. The van der Waals surface area contributed by atoms with E-state index in [1.54, 1.807) is 24.3 Å². The lowest BCUT2D eigenvalue weighted by molar-refractivity contribution is 0.0828. The van der Waals surface area contributed by atoms with Crippen LogP contribution in [0.4, 0.5) is 0 Å². The topological polar surface area (TPSA) is 92.3 Å². The number of fused-ring (bicyclic) bond motifs is 2. The zero-order valence-electron chi connectivity index (χ0n) is 15.9. The molecule has 0 aliphatic carbocycles. The van der Waals surface area contributed by atoms with Crippen LogP contribution in [0.3, 0.4) is 0 Å². The van der Waals surface area contributed by atoms with Gasteiger partial charge < -0.3 is 0 Å². The third-order valence-electron chi connectivity index (χ3n) is 6.44. The number of carbonyl (C=O) groups excluding carboxylic acids is 4. The lowest BCUT2D eigenvalue weighted by Gasteiger charge is -2.25. The SMILES string of the molecule is O=C1NC(=O)c2cc(I)c3c4ccc5c6c(cc(I)c(c7ccc1c2c73)c64)C(=O)NC5=O. The van der Waals surface area contributed by atoms with Gasteiger partial charge >= 0.3 is 0 Å². The van der Waals surface area contributed by atoms with Gasteiger partial charge in [0.05, 0.1) is 0 Å². The summed E-state index contributed by atoms with van der Waals surface area (Å²) < 4.78 is 1.72. The fourth-order valence-corrected chi connectivity index (χ4v) is 6.96. The molecule has 2 heterocycles. The third kappa shape index (κ3) is 2.05. The zero-order chi connectivity index (χ0) is 22.0. The Bertz CT molecular complexity index is 1690. The molecule has 0 atom stereocenters. The smallest absolute Gasteiger partial charge is 0.258 e. The molecule has 0 aromatic heterocycles. The Kier molecular flexibility index (Phi) is 3.46. The van der Waals surface area contributed by atoms with E-state index in [2.05, 4.69) is 55.8 Å². The molecule has 0 bridgehead atoms. The number of halogens is 2. The summed E-state index contributed by atoms with van der Waals surface area (Å²) in [6.45, 7) is 0. The zero-order valence-corrected chi connectivity index (χ0v) is 20.2. The second kappa shape index (κ2) is 5.93. The summed E-state index contributed by atoms with van der Waals surface area (Å²) in [6, 6.07) is 10.9. The summed E-state index contributed by atoms with van der Waals surface area (Å²) in [4.78, 5) is 50.5. The minimum atomic E-state index is -0.408. The Morgan fingerprint density at radius 3 is 1.25 bits per heavy atom. The Hall–Kier alpha value is -2.86. The number of rotatable bonds is 0. The maximum atomic E-state index is 12.7. The van der Waals surface area contributed by atoms with Crippen LogP contribution in [0.1, 0.15) is 41.4 Å². The lowest BCUT2D eigenvalue weighted by Crippen LogP contribution is -2.35. The maximum absolute atomic E-state index is 12.7. The van der Waals surface area contributed by atoms with E-state index in [-0.39, 0.29) is 0 Å². The molecule has 0 unspecified atom stereocenters. The molecular formula is C24H8I2N2O4. The van der Waals surface area contributed by atoms with E-state index in [0.29, 0.717) is 33.0 Å². The summed E-state index contributed by atoms with van der Waals surface area (Å²) in [5.41, 5.74) is 1.88. The van der Waals surface area contributed by atoms with Gasteiger partial charge in [0, 0.05) is 61.7 Å². The van der Waals surface area contributed by atoms with Crippen LogP contribution in [0, 0.1) is 7.14 Å². The lowest BCUT2D eigenvalue weighted by atomic mass is 9.83. The van der Waals surface area contributed by atoms with Crippen LogP contribution in [-0.2, 0) is 0 Å². The maximum Gasteiger partial charge on any atom is 0.258 e. The summed E-state index contributed by atoms with van der Waals surface area (Å²) in [7, 11) is 0. The second-order valence-corrected chi connectivity index (χ2v) is 10.3. The molecule has 4 amide bonds. The van der Waals surface area contributed by atoms with Crippen LogP contribution >= 0.6 is 45.2 Å². The van der Waals surface area contributed by atoms with Crippen molar-refractivity contribution >= 4 is 112 Å². The fraction of sp³-hybridized carbons (Fsp3) is 0. The van der Waals surface area contributed by atoms with Crippen molar-refractivity contribution in [1.82, 2.24) is 10.6 Å². The van der Waals surface area contributed by atoms with Crippen LogP contribution < -0.4 is 10.6 Å². The van der Waals surface area contributed by atoms with E-state index in [1.165, 1.54) is 0 Å². The highest BCUT2D eigenvalue weighted by molar-refractivity contribution is 14.1. The molecule has 2 aliphatic heterocycles. The molecule has 0 spiro atoms. The first-order chi connectivity index (χ1) is 15.4. The number of imide groups is 2. The van der Waals surface area contributed by atoms with Gasteiger partial charge in [-0.3, -0.25) is 29.8 Å². The quantitative estimate of drug-likeness (QED) is 0.111. The molecule has 7 rings (SSSR count). The number of benzene rings is 5. The molecule has 0 saturated heterocycles. The fourth-order valence-electron chi connectivity index (χ4n) is 5.22. The number of carbonyl (C=O) groups is 4. The predicted octanol–water partition coefficient (Wildman–Crippen LogP) is 4.71. The Morgan fingerprint density at radius 1 is 0.469 bits per heavy atom. The van der Waals surface area contributed by atoms with Crippen molar-refractivity contribution in [2.75, 3.05) is 0 Å². The molecule has 0 radical (unpaired) electrons. The molecule has 6 nitrogen and oxygen atoms in total. The summed E-state index contributed by atoms with van der Waals surface area (Å²) in [5, 5.41) is 11.5. The van der Waals surface area contributed by atoms with Crippen molar-refractivity contribution in [3.63, 3.8) is 0 Å². The molecule has 0 saturated carbocycles. The largest absolute Gasteiger partial charge is 0.288 e. The van der Waals surface area contributed by atoms with Gasteiger partial charge in [0.2, 0.25) is 0 Å². The van der Waals surface area contributed by atoms with Gasteiger partial charge in [-0.2, -0.15) is 0 Å². The normalized spacial score (nSPS) is 15.3. The average molecular weight is 642 g/mol. The molecule has 152 valence electrons. The van der Waals surface area contributed by atoms with Gasteiger partial charge in [0.25, 0.3) is 23.6 Å². The van der Waals surface area contributed by atoms with Crippen LogP contribution in [-0.4, -0.2) is 23.6 Å². The Balaban J connectivity index is 1.88. The van der Waals surface area contributed by atoms with Crippen molar-refractivity contribution in [2.24, 2.45) is 0 Å². The van der Waals surface area contributed by atoms with E-state index >= 15 is 0 Å². The van der Waals surface area contributed by atoms with E-state index < -0.39 is 23.6 Å². The van der Waals surface area contributed by atoms with Crippen molar-refractivity contribution in [1.29, 1.82) is 0 Å². The molecular weight excluding hydrogens is 634 g/mol. The highest BCUT2D eigenvalue weighted by atomic mass is 127. The van der Waals surface area contributed by atoms with E-state index in [4.69, 9.17) is 0 Å². The van der Waals surface area contributed by atoms with E-state index in [0.717, 1.165) is 39.5 Å². The minimum Gasteiger partial charge on any atom is -0.288 e. The number of nitrogens with one attached hydrogen (secondary N) is 2. The van der Waals surface area contributed by atoms with Crippen molar-refractivity contribution in [3.8, 4) is 0 Å². The van der Waals surface area contributed by atoms with Gasteiger partial charge in [0.15, 0.2) is 0 Å². The number of hydrogen-bond donors (Lipinski definition) is 2. The van der Waals surface area contributed by atoms with Gasteiger partial charge in [0.1, 0.15) is 0 Å². The Labute approximate surface area is 206 Å². The van der Waals surface area contributed by atoms with Crippen LogP contribution in [0.15, 0.2) is 36.4 Å². The molecule has 5 aromatic rings. The van der Waals surface area contributed by atoms with Crippen LogP contribution in [0.2, 0.25) is 0 Å². The standard InChI is InChI=1S/C24H8I2N2O4/c25-13-5-12-16-10(22(30)28-24(12)32)4-2-8-18-14(26)6-11-15-9(21(29)27-23(11)31)3-1-7(19(15)18)17(13)20(8)16/h1-6H,(H,27,29,31)(H,28,30,32). The highest BCUT2D eigenvalue weighted by Gasteiger charge is 2.32. The first kappa shape index (κ1) is 18.7. The predicted molar refractivity (Wildman–Crippen MR) is 137 cm³/mol. The first-order valence-electron chi connectivity index (χ1n) is 9.67. The average Bonchev–Trinajstić information content (AvgIpc) is 2.76. The van der Waals surface area contributed by atoms with E-state index in [1.807, 2.05) is 12.1 Å². The molecule has 5 aromatic carbocycles. The Morgan fingerprint density at radius 2 is 0.844 bits per heavy atom. The number of amides is 4. The first-order valence-corrected chi connectivity index (χ1v) is 11.8. The van der Waals surface area contributed by atoms with Crippen LogP contribution in [0.5, 0.6) is 0 Å². The third-order valence-corrected chi connectivity index (χ3v) is 8.14. The minimum absolute atomic E-state index is 0.405. The molecule has 2 aliphatic rings. The van der Waals surface area contributed by atoms with Gasteiger partial charge in [-0.05, 0) is 80.2 Å². The molecule has 32 heavy (non-hydrogen) atoms. The van der Waals surface area contributed by atoms with E-state index in [9.17, 15) is 19.2 Å². The number of hydrogen-bond acceptors (Lipinski definition) is 4. The van der Waals surface area contributed by atoms with Gasteiger partial charge in [-0.15, -0.1) is 0 Å². The molecule has 8 heteroatoms. The van der Waals surface area contributed by atoms with Crippen molar-refractivity contribution in [2.45, 2.75) is 0 Å². The van der Waals surface area contributed by atoms with Crippen molar-refractivity contribution < 1.29 is 19.2 Å². The molecule has 0 fully saturated rings. The highest BCUT2D eigenvalue weighted by Crippen LogP contribution is 2.47. The summed E-state index contributed by atoms with van der Waals surface area (Å²) in [5.74, 6) is -1.63.